The number of hydrogen-bond donors (Lipinski definition) is 3. The first-order valence-electron chi connectivity index (χ1n) is 8.11. The van der Waals surface area contributed by atoms with Gasteiger partial charge in [0, 0.05) is 17.5 Å². The fourth-order valence-corrected chi connectivity index (χ4v) is 3.97. The number of thiophene rings is 1. The first-order chi connectivity index (χ1) is 11.8. The molecule has 0 radical (unpaired) electrons. The normalized spacial score (nSPS) is 13.5. The van der Waals surface area contributed by atoms with E-state index in [9.17, 15) is 9.59 Å². The van der Waals surface area contributed by atoms with Gasteiger partial charge in [0.05, 0.1) is 17.0 Å². The lowest BCUT2D eigenvalue weighted by atomic mass is 9.90. The van der Waals surface area contributed by atoms with E-state index in [2.05, 4.69) is 29.5 Å². The van der Waals surface area contributed by atoms with Crippen molar-refractivity contribution in [2.24, 2.45) is 11.7 Å². The number of rotatable bonds is 8. The molecular formula is C17H24N4O2S2. The number of carbonyl (C=O) groups is 2. The first kappa shape index (κ1) is 19.6. The Hall–Kier alpha value is -1.77. The molecule has 0 aromatic carbocycles. The molecular weight excluding hydrogens is 356 g/mol. The maximum atomic E-state index is 12.3. The zero-order chi connectivity index (χ0) is 18.4. The first-order valence-corrected chi connectivity index (χ1v) is 9.87. The summed E-state index contributed by atoms with van der Waals surface area (Å²) in [6.07, 6.45) is 0.980. The molecule has 25 heavy (non-hydrogen) atoms. The molecule has 0 saturated carbocycles. The molecule has 2 aromatic rings. The van der Waals surface area contributed by atoms with Crippen molar-refractivity contribution < 1.29 is 9.59 Å². The van der Waals surface area contributed by atoms with E-state index in [1.807, 2.05) is 18.4 Å². The number of thiazole rings is 1. The monoisotopic (exact) mass is 380 g/mol. The van der Waals surface area contributed by atoms with Gasteiger partial charge in [0.25, 0.3) is 5.91 Å². The number of carbonyl (C=O) groups excluding carboxylic acids is 2. The number of nitrogens with two attached hydrogens (primary N) is 1. The van der Waals surface area contributed by atoms with Crippen molar-refractivity contribution in [3.63, 3.8) is 0 Å². The minimum atomic E-state index is -0.419. The van der Waals surface area contributed by atoms with Crippen LogP contribution in [0.4, 0.5) is 5.13 Å². The molecule has 4 N–H and O–H groups in total. The summed E-state index contributed by atoms with van der Waals surface area (Å²) < 4.78 is 0. The van der Waals surface area contributed by atoms with Gasteiger partial charge in [0.1, 0.15) is 0 Å². The maximum absolute atomic E-state index is 12.3. The van der Waals surface area contributed by atoms with Crippen LogP contribution in [0.15, 0.2) is 22.9 Å². The second kappa shape index (κ2) is 8.55. The number of nitrogens with one attached hydrogen (secondary N) is 2. The highest BCUT2D eigenvalue weighted by molar-refractivity contribution is 7.14. The molecule has 0 aliphatic carbocycles. The molecule has 0 aliphatic rings. The van der Waals surface area contributed by atoms with Crippen LogP contribution in [0.5, 0.6) is 0 Å². The molecule has 0 spiro atoms. The van der Waals surface area contributed by atoms with Crippen LogP contribution in [-0.2, 0) is 11.2 Å². The highest BCUT2D eigenvalue weighted by atomic mass is 32.1. The second-order valence-corrected chi connectivity index (χ2v) is 8.47. The van der Waals surface area contributed by atoms with Gasteiger partial charge in [-0.25, -0.2) is 4.98 Å². The Morgan fingerprint density at radius 3 is 2.72 bits per heavy atom. The predicted octanol–water partition coefficient (Wildman–Crippen LogP) is 2.88. The minimum Gasteiger partial charge on any atom is -0.349 e. The summed E-state index contributed by atoms with van der Waals surface area (Å²) in [5.74, 6) is 0.134. The third-order valence-electron chi connectivity index (χ3n) is 3.61. The maximum Gasteiger partial charge on any atom is 0.267 e. The fourth-order valence-electron chi connectivity index (χ4n) is 2.64. The number of aromatic nitrogens is 1. The van der Waals surface area contributed by atoms with E-state index in [1.165, 1.54) is 22.7 Å². The van der Waals surface area contributed by atoms with Crippen molar-refractivity contribution in [3.8, 4) is 0 Å². The van der Waals surface area contributed by atoms with Gasteiger partial charge < -0.3 is 11.1 Å². The number of nitrogens with zero attached hydrogens (tertiary/aromatic N) is 1. The molecule has 1 atom stereocenters. The lowest BCUT2D eigenvalue weighted by molar-refractivity contribution is -0.122. The van der Waals surface area contributed by atoms with Crippen LogP contribution in [0, 0.1) is 5.92 Å². The Morgan fingerprint density at radius 2 is 2.12 bits per heavy atom. The third kappa shape index (κ3) is 5.91. The number of amides is 2. The SMILES string of the molecule is CC(C)CC(C)(CN)NC(=O)Cc1csc(NC(=O)c2cccs2)n1. The van der Waals surface area contributed by atoms with Crippen LogP contribution in [0.2, 0.25) is 0 Å². The topological polar surface area (TPSA) is 97.1 Å². The highest BCUT2D eigenvalue weighted by Gasteiger charge is 2.26. The lowest BCUT2D eigenvalue weighted by Gasteiger charge is -2.31. The highest BCUT2D eigenvalue weighted by Crippen LogP contribution is 2.19. The van der Waals surface area contributed by atoms with Gasteiger partial charge in [0.2, 0.25) is 5.91 Å². The van der Waals surface area contributed by atoms with Gasteiger partial charge in [-0.05, 0) is 30.7 Å². The van der Waals surface area contributed by atoms with Crippen LogP contribution in [0.3, 0.4) is 0 Å². The molecule has 0 fully saturated rings. The molecule has 2 aromatic heterocycles. The molecule has 2 heterocycles. The summed E-state index contributed by atoms with van der Waals surface area (Å²) in [5, 5.41) is 9.88. The summed E-state index contributed by atoms with van der Waals surface area (Å²) in [7, 11) is 0. The summed E-state index contributed by atoms with van der Waals surface area (Å²) in [6.45, 7) is 6.54. The van der Waals surface area contributed by atoms with E-state index in [0.717, 1.165) is 6.42 Å². The van der Waals surface area contributed by atoms with E-state index in [1.54, 1.807) is 11.4 Å². The molecule has 2 amide bonds. The van der Waals surface area contributed by atoms with E-state index in [4.69, 9.17) is 5.73 Å². The quantitative estimate of drug-likeness (QED) is 0.656. The number of anilines is 1. The molecule has 0 saturated heterocycles. The van der Waals surface area contributed by atoms with E-state index in [-0.39, 0.29) is 18.2 Å². The lowest BCUT2D eigenvalue weighted by Crippen LogP contribution is -2.52. The Bertz CT molecular complexity index is 712. The van der Waals surface area contributed by atoms with Gasteiger partial charge in [-0.2, -0.15) is 0 Å². The molecule has 1 unspecified atom stereocenters. The molecule has 2 rings (SSSR count). The predicted molar refractivity (Wildman–Crippen MR) is 103 cm³/mol. The standard InChI is InChI=1S/C17H24N4O2S2/c1-11(2)8-17(3,10-18)21-14(22)7-12-9-25-16(19-12)20-15(23)13-5-4-6-24-13/h4-6,9,11H,7-8,10,18H2,1-3H3,(H,21,22)(H,19,20,23). The van der Waals surface area contributed by atoms with Gasteiger partial charge >= 0.3 is 0 Å². The molecule has 0 aliphatic heterocycles. The average Bonchev–Trinajstić information content (AvgIpc) is 3.18. The Labute approximate surface area is 155 Å². The summed E-state index contributed by atoms with van der Waals surface area (Å²) in [5.41, 5.74) is 6.04. The van der Waals surface area contributed by atoms with Crippen molar-refractivity contribution >= 4 is 39.6 Å². The van der Waals surface area contributed by atoms with E-state index >= 15 is 0 Å². The zero-order valence-electron chi connectivity index (χ0n) is 14.7. The fraction of sp³-hybridized carbons (Fsp3) is 0.471. The van der Waals surface area contributed by atoms with Crippen molar-refractivity contribution in [1.82, 2.24) is 10.3 Å². The van der Waals surface area contributed by atoms with Crippen LogP contribution in [-0.4, -0.2) is 28.9 Å². The van der Waals surface area contributed by atoms with Crippen LogP contribution >= 0.6 is 22.7 Å². The van der Waals surface area contributed by atoms with Gasteiger partial charge in [-0.1, -0.05) is 19.9 Å². The van der Waals surface area contributed by atoms with Crippen molar-refractivity contribution in [2.45, 2.75) is 39.2 Å². The largest absolute Gasteiger partial charge is 0.349 e. The van der Waals surface area contributed by atoms with Crippen molar-refractivity contribution in [2.75, 3.05) is 11.9 Å². The summed E-state index contributed by atoms with van der Waals surface area (Å²) in [4.78, 5) is 29.3. The minimum absolute atomic E-state index is 0.116. The summed E-state index contributed by atoms with van der Waals surface area (Å²) in [6, 6.07) is 3.58. The van der Waals surface area contributed by atoms with Gasteiger partial charge in [0.15, 0.2) is 5.13 Å². The second-order valence-electron chi connectivity index (χ2n) is 6.66. The van der Waals surface area contributed by atoms with Crippen LogP contribution in [0.1, 0.15) is 42.6 Å². The van der Waals surface area contributed by atoms with Gasteiger partial charge in [-0.3, -0.25) is 14.9 Å². The van der Waals surface area contributed by atoms with Crippen LogP contribution in [0.25, 0.3) is 0 Å². The Kier molecular flexibility index (Phi) is 6.69. The van der Waals surface area contributed by atoms with E-state index < -0.39 is 5.54 Å². The van der Waals surface area contributed by atoms with Gasteiger partial charge in [-0.15, -0.1) is 22.7 Å². The molecule has 136 valence electrons. The molecule has 6 nitrogen and oxygen atoms in total. The Morgan fingerprint density at radius 1 is 1.36 bits per heavy atom. The molecule has 0 bridgehead atoms. The zero-order valence-corrected chi connectivity index (χ0v) is 16.3. The summed E-state index contributed by atoms with van der Waals surface area (Å²) >= 11 is 2.68. The Balaban J connectivity index is 1.91. The molecule has 8 heteroatoms. The smallest absolute Gasteiger partial charge is 0.267 e. The average molecular weight is 381 g/mol. The number of hydrogen-bond acceptors (Lipinski definition) is 6. The third-order valence-corrected chi connectivity index (χ3v) is 5.28. The van der Waals surface area contributed by atoms with E-state index in [0.29, 0.717) is 28.2 Å². The van der Waals surface area contributed by atoms with Crippen molar-refractivity contribution in [3.05, 3.63) is 33.5 Å². The van der Waals surface area contributed by atoms with Crippen LogP contribution < -0.4 is 16.4 Å². The van der Waals surface area contributed by atoms with Crippen molar-refractivity contribution in [1.29, 1.82) is 0 Å².